The maximum absolute atomic E-state index is 13.4. The maximum Gasteiger partial charge on any atom is 0.317 e. The minimum absolute atomic E-state index is 0.127. The molecule has 2 heterocycles. The Kier molecular flexibility index (Phi) is 6.11. The van der Waals surface area contributed by atoms with Crippen LogP contribution in [0.15, 0.2) is 30.9 Å². The van der Waals surface area contributed by atoms with Gasteiger partial charge in [0.25, 0.3) is 0 Å². The van der Waals surface area contributed by atoms with Gasteiger partial charge in [-0.25, -0.2) is 4.79 Å². The monoisotopic (exact) mass is 387 g/mol. The lowest BCUT2D eigenvalue weighted by atomic mass is 9.78. The molecule has 2 aliphatic rings. The van der Waals surface area contributed by atoms with Crippen LogP contribution in [0.2, 0.25) is 0 Å². The van der Waals surface area contributed by atoms with E-state index < -0.39 is 5.41 Å². The van der Waals surface area contributed by atoms with E-state index in [0.29, 0.717) is 50.6 Å². The number of rotatable bonds is 6. The molecule has 0 radical (unpaired) electrons. The van der Waals surface area contributed by atoms with Gasteiger partial charge in [-0.2, -0.15) is 0 Å². The minimum atomic E-state index is -0.476. The number of hydrogen-bond donors (Lipinski definition) is 1. The summed E-state index contributed by atoms with van der Waals surface area (Å²) in [6.45, 7) is 6.31. The first-order valence-corrected chi connectivity index (χ1v) is 9.67. The largest absolute Gasteiger partial charge is 0.493 e. The second kappa shape index (κ2) is 8.54. The fourth-order valence-corrected chi connectivity index (χ4v) is 4.28. The van der Waals surface area contributed by atoms with Gasteiger partial charge in [-0.05, 0) is 25.3 Å². The summed E-state index contributed by atoms with van der Waals surface area (Å²) in [5, 5.41) is 2.80. The molecule has 1 N–H and O–H groups in total. The Bertz CT molecular complexity index is 751. The highest BCUT2D eigenvalue weighted by Gasteiger charge is 2.49. The van der Waals surface area contributed by atoms with E-state index in [0.717, 1.165) is 18.4 Å². The van der Waals surface area contributed by atoms with E-state index in [9.17, 15) is 9.59 Å². The summed E-state index contributed by atoms with van der Waals surface area (Å²) in [6, 6.07) is 5.58. The van der Waals surface area contributed by atoms with Crippen molar-refractivity contribution in [2.24, 2.45) is 5.41 Å². The third-order valence-electron chi connectivity index (χ3n) is 5.71. The number of methoxy groups -OCH3 is 2. The quantitative estimate of drug-likeness (QED) is 0.761. The van der Waals surface area contributed by atoms with Gasteiger partial charge in [-0.1, -0.05) is 18.2 Å². The highest BCUT2D eigenvalue weighted by molar-refractivity contribution is 5.86. The van der Waals surface area contributed by atoms with Gasteiger partial charge in [0.05, 0.1) is 19.6 Å². The summed E-state index contributed by atoms with van der Waals surface area (Å²) in [4.78, 5) is 29.3. The van der Waals surface area contributed by atoms with E-state index >= 15 is 0 Å². The van der Waals surface area contributed by atoms with Crippen LogP contribution in [0.3, 0.4) is 0 Å². The summed E-state index contributed by atoms with van der Waals surface area (Å²) in [6.07, 6.45) is 4.11. The van der Waals surface area contributed by atoms with Crippen LogP contribution in [0.5, 0.6) is 11.5 Å². The Labute approximate surface area is 166 Å². The van der Waals surface area contributed by atoms with Gasteiger partial charge in [-0.3, -0.25) is 4.79 Å². The second-order valence-electron chi connectivity index (χ2n) is 7.41. The zero-order chi connectivity index (χ0) is 20.1. The fraction of sp³-hybridized carbons (Fsp3) is 0.524. The number of nitrogens with one attached hydrogen (secondary N) is 1. The Morgan fingerprint density at radius 2 is 2.11 bits per heavy atom. The van der Waals surface area contributed by atoms with Crippen molar-refractivity contribution in [1.82, 2.24) is 15.1 Å². The Morgan fingerprint density at radius 1 is 1.29 bits per heavy atom. The van der Waals surface area contributed by atoms with E-state index in [1.165, 1.54) is 0 Å². The SMILES string of the molecule is C=CCNC(=O)N1CCC2(CCCN(Cc3cccc(OC)c3OC)C2=O)C1. The van der Waals surface area contributed by atoms with Gasteiger partial charge in [-0.15, -0.1) is 6.58 Å². The van der Waals surface area contributed by atoms with Crippen molar-refractivity contribution in [1.29, 1.82) is 0 Å². The predicted molar refractivity (Wildman–Crippen MR) is 106 cm³/mol. The normalized spacial score (nSPS) is 21.7. The van der Waals surface area contributed by atoms with Crippen LogP contribution in [-0.4, -0.2) is 62.1 Å². The topological polar surface area (TPSA) is 71.1 Å². The van der Waals surface area contributed by atoms with Gasteiger partial charge in [0.15, 0.2) is 11.5 Å². The molecule has 2 fully saturated rings. The number of hydrogen-bond acceptors (Lipinski definition) is 4. The summed E-state index contributed by atoms with van der Waals surface area (Å²) < 4.78 is 10.9. The van der Waals surface area contributed by atoms with Crippen LogP contribution in [0.25, 0.3) is 0 Å². The lowest BCUT2D eigenvalue weighted by Crippen LogP contribution is -2.50. The number of carbonyl (C=O) groups is 2. The molecule has 3 rings (SSSR count). The van der Waals surface area contributed by atoms with Gasteiger partial charge in [0, 0.05) is 38.3 Å². The third-order valence-corrected chi connectivity index (χ3v) is 5.71. The summed E-state index contributed by atoms with van der Waals surface area (Å²) in [5.74, 6) is 1.45. The molecule has 152 valence electrons. The Morgan fingerprint density at radius 3 is 2.82 bits per heavy atom. The average Bonchev–Trinajstić information content (AvgIpc) is 3.14. The third kappa shape index (κ3) is 3.79. The van der Waals surface area contributed by atoms with Gasteiger partial charge < -0.3 is 24.6 Å². The number of urea groups is 1. The van der Waals surface area contributed by atoms with Crippen molar-refractivity contribution >= 4 is 11.9 Å². The first-order valence-electron chi connectivity index (χ1n) is 9.67. The van der Waals surface area contributed by atoms with Crippen LogP contribution in [0.4, 0.5) is 4.79 Å². The molecule has 1 unspecified atom stereocenters. The molecule has 1 atom stereocenters. The first kappa shape index (κ1) is 20.0. The Balaban J connectivity index is 1.73. The molecule has 2 saturated heterocycles. The number of ether oxygens (including phenoxy) is 2. The molecule has 2 aliphatic heterocycles. The molecule has 7 nitrogen and oxygen atoms in total. The first-order chi connectivity index (χ1) is 13.5. The molecule has 1 aromatic carbocycles. The van der Waals surface area contributed by atoms with E-state index in [1.807, 2.05) is 23.1 Å². The Hall–Kier alpha value is -2.70. The summed E-state index contributed by atoms with van der Waals surface area (Å²) >= 11 is 0. The number of likely N-dealkylation sites (tertiary alicyclic amines) is 2. The van der Waals surface area contributed by atoms with Crippen LogP contribution < -0.4 is 14.8 Å². The van der Waals surface area contributed by atoms with Crippen LogP contribution >= 0.6 is 0 Å². The maximum atomic E-state index is 13.4. The smallest absolute Gasteiger partial charge is 0.317 e. The van der Waals surface area contributed by atoms with E-state index in [2.05, 4.69) is 11.9 Å². The number of piperidine rings is 1. The lowest BCUT2D eigenvalue weighted by Gasteiger charge is -2.39. The van der Waals surface area contributed by atoms with E-state index in [4.69, 9.17) is 9.47 Å². The molecule has 0 aliphatic carbocycles. The molecule has 1 spiro atoms. The molecule has 1 aromatic rings. The number of para-hydroxylation sites is 1. The van der Waals surface area contributed by atoms with Crippen molar-refractivity contribution in [2.75, 3.05) is 40.4 Å². The highest BCUT2D eigenvalue weighted by atomic mass is 16.5. The van der Waals surface area contributed by atoms with Gasteiger partial charge in [0.2, 0.25) is 5.91 Å². The van der Waals surface area contributed by atoms with Crippen molar-refractivity contribution in [2.45, 2.75) is 25.8 Å². The van der Waals surface area contributed by atoms with Gasteiger partial charge >= 0.3 is 6.03 Å². The molecule has 28 heavy (non-hydrogen) atoms. The van der Waals surface area contributed by atoms with Crippen molar-refractivity contribution < 1.29 is 19.1 Å². The molecule has 0 bridgehead atoms. The van der Waals surface area contributed by atoms with Crippen molar-refractivity contribution in [3.05, 3.63) is 36.4 Å². The summed E-state index contributed by atoms with van der Waals surface area (Å²) in [5.41, 5.74) is 0.446. The predicted octanol–water partition coefficient (Wildman–Crippen LogP) is 2.41. The molecular formula is C21H29N3O4. The van der Waals surface area contributed by atoms with E-state index in [-0.39, 0.29) is 11.9 Å². The second-order valence-corrected chi connectivity index (χ2v) is 7.41. The molecule has 0 aromatic heterocycles. The summed E-state index contributed by atoms with van der Waals surface area (Å²) in [7, 11) is 3.21. The molecule has 3 amide bonds. The van der Waals surface area contributed by atoms with Crippen LogP contribution in [0, 0.1) is 5.41 Å². The van der Waals surface area contributed by atoms with E-state index in [1.54, 1.807) is 25.2 Å². The van der Waals surface area contributed by atoms with Crippen molar-refractivity contribution in [3.63, 3.8) is 0 Å². The van der Waals surface area contributed by atoms with Gasteiger partial charge in [0.1, 0.15) is 0 Å². The van der Waals surface area contributed by atoms with Crippen LogP contribution in [-0.2, 0) is 11.3 Å². The fourth-order valence-electron chi connectivity index (χ4n) is 4.28. The minimum Gasteiger partial charge on any atom is -0.493 e. The molecule has 0 saturated carbocycles. The highest BCUT2D eigenvalue weighted by Crippen LogP contribution is 2.41. The average molecular weight is 387 g/mol. The number of benzene rings is 1. The van der Waals surface area contributed by atoms with Crippen LogP contribution in [0.1, 0.15) is 24.8 Å². The lowest BCUT2D eigenvalue weighted by molar-refractivity contribution is -0.146. The molecular weight excluding hydrogens is 358 g/mol. The standard InChI is InChI=1S/C21H29N3O4/c1-4-11-22-20(26)24-13-10-21(15-24)9-6-12-23(19(21)25)14-16-7-5-8-17(27-2)18(16)28-3/h4-5,7-8H,1,6,9-15H2,2-3H3,(H,22,26). The number of carbonyl (C=O) groups excluding carboxylic acids is 2. The molecule has 7 heteroatoms. The zero-order valence-electron chi connectivity index (χ0n) is 16.7. The number of amides is 3. The van der Waals surface area contributed by atoms with Crippen molar-refractivity contribution in [3.8, 4) is 11.5 Å². The zero-order valence-corrected chi connectivity index (χ0v) is 16.7. The number of nitrogens with zero attached hydrogens (tertiary/aromatic N) is 2.